The van der Waals surface area contributed by atoms with Gasteiger partial charge in [-0.3, -0.25) is 9.79 Å². The number of carbonyl (C=O) groups excluding carboxylic acids is 1. The Hall–Kier alpha value is -1.71. The number of benzene rings is 1. The lowest BCUT2D eigenvalue weighted by Gasteiger charge is -2.32. The number of methoxy groups -OCH3 is 2. The summed E-state index contributed by atoms with van der Waals surface area (Å²) in [6.07, 6.45) is 5.16. The molecule has 2 fully saturated rings. The quantitative estimate of drug-likeness (QED) is 0.338. The summed E-state index contributed by atoms with van der Waals surface area (Å²) in [5.74, 6) is 3.12. The van der Waals surface area contributed by atoms with Crippen molar-refractivity contribution in [2.45, 2.75) is 38.0 Å². The van der Waals surface area contributed by atoms with Gasteiger partial charge in [-0.05, 0) is 37.0 Å². The van der Waals surface area contributed by atoms with E-state index >= 15 is 0 Å². The van der Waals surface area contributed by atoms with Crippen molar-refractivity contribution in [3.63, 3.8) is 0 Å². The zero-order chi connectivity index (χ0) is 21.7. The third-order valence-corrected chi connectivity index (χ3v) is 6.55. The van der Waals surface area contributed by atoms with E-state index in [1.807, 2.05) is 27.2 Å². The number of nitrogens with zero attached hydrogens (tertiary/aromatic N) is 3. The van der Waals surface area contributed by atoms with Crippen molar-refractivity contribution in [3.8, 4) is 11.5 Å². The van der Waals surface area contributed by atoms with Crippen LogP contribution in [0.1, 0.15) is 43.6 Å². The average Bonchev–Trinajstić information content (AvgIpc) is 3.44. The number of amides is 1. The zero-order valence-electron chi connectivity index (χ0n) is 19.4. The number of nitrogens with one attached hydrogen (secondary N) is 1. The van der Waals surface area contributed by atoms with Gasteiger partial charge in [0.1, 0.15) is 11.5 Å². The van der Waals surface area contributed by atoms with Crippen molar-refractivity contribution in [1.82, 2.24) is 15.1 Å². The van der Waals surface area contributed by atoms with Gasteiger partial charge >= 0.3 is 0 Å². The van der Waals surface area contributed by atoms with E-state index in [2.05, 4.69) is 27.3 Å². The third kappa shape index (κ3) is 5.75. The van der Waals surface area contributed by atoms with Crippen LogP contribution >= 0.6 is 24.0 Å². The number of guanidine groups is 1. The second-order valence-electron chi connectivity index (χ2n) is 8.67. The second kappa shape index (κ2) is 11.2. The molecule has 1 aliphatic heterocycles. The first-order valence-electron chi connectivity index (χ1n) is 10.8. The van der Waals surface area contributed by atoms with E-state index in [9.17, 15) is 4.79 Å². The van der Waals surface area contributed by atoms with Gasteiger partial charge < -0.3 is 24.6 Å². The highest BCUT2D eigenvalue weighted by molar-refractivity contribution is 14.0. The number of halogens is 1. The van der Waals surface area contributed by atoms with Crippen molar-refractivity contribution in [1.29, 1.82) is 0 Å². The molecule has 0 aromatic heterocycles. The van der Waals surface area contributed by atoms with Crippen LogP contribution in [0.5, 0.6) is 11.5 Å². The van der Waals surface area contributed by atoms with E-state index in [1.54, 1.807) is 19.1 Å². The Bertz CT molecular complexity index is 756. The fourth-order valence-corrected chi connectivity index (χ4v) is 4.86. The van der Waals surface area contributed by atoms with Gasteiger partial charge in [-0.25, -0.2) is 0 Å². The summed E-state index contributed by atoms with van der Waals surface area (Å²) < 4.78 is 10.9. The van der Waals surface area contributed by atoms with Crippen molar-refractivity contribution in [3.05, 3.63) is 23.8 Å². The van der Waals surface area contributed by atoms with Gasteiger partial charge in [0.15, 0.2) is 5.96 Å². The molecule has 1 aromatic carbocycles. The second-order valence-corrected chi connectivity index (χ2v) is 8.67. The van der Waals surface area contributed by atoms with Crippen LogP contribution in [-0.4, -0.2) is 76.7 Å². The Morgan fingerprint density at radius 3 is 2.32 bits per heavy atom. The molecule has 1 unspecified atom stereocenters. The molecule has 3 rings (SSSR count). The van der Waals surface area contributed by atoms with Crippen LogP contribution in [0.4, 0.5) is 0 Å². The molecule has 1 atom stereocenters. The highest BCUT2D eigenvalue weighted by Gasteiger charge is 2.42. The van der Waals surface area contributed by atoms with Crippen LogP contribution in [0.15, 0.2) is 23.2 Å². The predicted octanol–water partition coefficient (Wildman–Crippen LogP) is 3.34. The van der Waals surface area contributed by atoms with E-state index in [0.29, 0.717) is 12.5 Å². The highest BCUT2D eigenvalue weighted by atomic mass is 127. The number of hydrogen-bond donors (Lipinski definition) is 1. The van der Waals surface area contributed by atoms with Gasteiger partial charge in [0.05, 0.1) is 19.6 Å². The van der Waals surface area contributed by atoms with Gasteiger partial charge in [0.25, 0.3) is 0 Å². The monoisotopic (exact) mass is 544 g/mol. The van der Waals surface area contributed by atoms with Crippen LogP contribution in [0.25, 0.3) is 0 Å². The molecule has 1 saturated heterocycles. The molecule has 0 radical (unpaired) electrons. The molecule has 0 bridgehead atoms. The number of hydrogen-bond acceptors (Lipinski definition) is 4. The van der Waals surface area contributed by atoms with Crippen LogP contribution in [-0.2, 0) is 4.79 Å². The lowest BCUT2D eigenvalue weighted by atomic mass is 9.84. The van der Waals surface area contributed by atoms with Crippen LogP contribution < -0.4 is 14.8 Å². The Balaban J connectivity index is 0.00000341. The maximum Gasteiger partial charge on any atom is 0.230 e. The molecule has 0 spiro atoms. The van der Waals surface area contributed by atoms with E-state index in [0.717, 1.165) is 62.7 Å². The van der Waals surface area contributed by atoms with Gasteiger partial charge in [-0.15, -0.1) is 24.0 Å². The lowest BCUT2D eigenvalue weighted by molar-refractivity contribution is -0.138. The molecular weight excluding hydrogens is 507 g/mol. The molecule has 1 heterocycles. The fraction of sp³-hybridized carbons (Fsp3) is 0.652. The topological polar surface area (TPSA) is 66.4 Å². The first kappa shape index (κ1) is 25.5. The third-order valence-electron chi connectivity index (χ3n) is 6.55. The Morgan fingerprint density at radius 2 is 1.81 bits per heavy atom. The SMILES string of the molecule is CN=C(NCC1(C(=O)N(C)C)CCCC1)N1CCC(c2cc(OC)cc(OC)c2)C1.I. The summed E-state index contributed by atoms with van der Waals surface area (Å²) in [5.41, 5.74) is 0.915. The van der Waals surface area contributed by atoms with Gasteiger partial charge in [-0.2, -0.15) is 0 Å². The van der Waals surface area contributed by atoms with E-state index in [-0.39, 0.29) is 35.3 Å². The molecule has 1 N–H and O–H groups in total. The van der Waals surface area contributed by atoms with Gasteiger partial charge in [-0.1, -0.05) is 12.8 Å². The number of rotatable bonds is 6. The smallest absolute Gasteiger partial charge is 0.230 e. The predicted molar refractivity (Wildman–Crippen MR) is 135 cm³/mol. The maximum absolute atomic E-state index is 12.9. The zero-order valence-corrected chi connectivity index (χ0v) is 21.8. The highest BCUT2D eigenvalue weighted by Crippen LogP contribution is 2.39. The van der Waals surface area contributed by atoms with E-state index < -0.39 is 0 Å². The Morgan fingerprint density at radius 1 is 1.19 bits per heavy atom. The molecular formula is C23H37IN4O3. The molecule has 1 amide bonds. The largest absolute Gasteiger partial charge is 0.497 e. The van der Waals surface area contributed by atoms with Crippen molar-refractivity contribution in [2.24, 2.45) is 10.4 Å². The molecule has 8 heteroatoms. The standard InChI is InChI=1S/C23H36N4O3.HI/c1-24-22(25-16-23(9-6-7-10-23)21(28)26(2)3)27-11-8-17(15-27)18-12-19(29-4)14-20(13-18)30-5;/h12-14,17H,6-11,15-16H2,1-5H3,(H,24,25);1H. The Labute approximate surface area is 203 Å². The average molecular weight is 544 g/mol. The Kier molecular flexibility index (Phi) is 9.27. The summed E-state index contributed by atoms with van der Waals surface area (Å²) in [7, 11) is 8.88. The molecule has 1 saturated carbocycles. The molecule has 1 aliphatic carbocycles. The van der Waals surface area contributed by atoms with Crippen LogP contribution in [0.2, 0.25) is 0 Å². The van der Waals surface area contributed by atoms with Crippen LogP contribution in [0.3, 0.4) is 0 Å². The number of carbonyl (C=O) groups is 1. The number of likely N-dealkylation sites (tertiary alicyclic amines) is 1. The summed E-state index contributed by atoms with van der Waals surface area (Å²) in [5, 5.41) is 3.53. The van der Waals surface area contributed by atoms with Gasteiger partial charge in [0.2, 0.25) is 5.91 Å². The fourth-order valence-electron chi connectivity index (χ4n) is 4.86. The summed E-state index contributed by atoms with van der Waals surface area (Å²) >= 11 is 0. The number of ether oxygens (including phenoxy) is 2. The van der Waals surface area contributed by atoms with Crippen LogP contribution in [0, 0.1) is 5.41 Å². The minimum atomic E-state index is -0.307. The molecule has 174 valence electrons. The summed E-state index contributed by atoms with van der Waals surface area (Å²) in [4.78, 5) is 21.4. The van der Waals surface area contributed by atoms with Gasteiger partial charge in [0, 0.05) is 52.8 Å². The van der Waals surface area contributed by atoms with Crippen molar-refractivity contribution >= 4 is 35.8 Å². The van der Waals surface area contributed by atoms with E-state index in [1.165, 1.54) is 5.56 Å². The van der Waals surface area contributed by atoms with E-state index in [4.69, 9.17) is 9.47 Å². The molecule has 31 heavy (non-hydrogen) atoms. The normalized spacial score (nSPS) is 20.2. The van der Waals surface area contributed by atoms with Crippen molar-refractivity contribution < 1.29 is 14.3 Å². The van der Waals surface area contributed by atoms with Crippen molar-refractivity contribution in [2.75, 3.05) is 55.0 Å². The first-order valence-corrected chi connectivity index (χ1v) is 10.8. The summed E-state index contributed by atoms with van der Waals surface area (Å²) in [6, 6.07) is 6.09. The minimum Gasteiger partial charge on any atom is -0.497 e. The number of aliphatic imine (C=N–C) groups is 1. The maximum atomic E-state index is 12.9. The first-order chi connectivity index (χ1) is 14.4. The summed E-state index contributed by atoms with van der Waals surface area (Å²) in [6.45, 7) is 2.45. The minimum absolute atomic E-state index is 0. The molecule has 1 aromatic rings. The molecule has 7 nitrogen and oxygen atoms in total. The molecule has 2 aliphatic rings. The lowest BCUT2D eigenvalue weighted by Crippen LogP contribution is -2.49.